The topological polar surface area (TPSA) is 252 Å². The summed E-state index contributed by atoms with van der Waals surface area (Å²) in [6, 6.07) is 5.47. The molecular formula is C32H45N9O8S. The van der Waals surface area contributed by atoms with Gasteiger partial charge >= 0.3 is 6.10 Å². The number of aromatic nitrogens is 1. The molecule has 272 valence electrons. The highest BCUT2D eigenvalue weighted by molar-refractivity contribution is 7.17. The average molecular weight is 716 g/mol. The number of allylic oxidation sites excluding steroid dienone is 1. The molecule has 0 radical (unpaired) electrons. The number of amides is 3. The SMILES string of the molecule is COc1c(NC(/C=C(\N)NC(=O)C2CC2)=C(/N)C(=O)NC(O)(O)O)cccc1-c1ncc(C(=O)N2CCC(N3CCN(CCO)CC3)CC2)s1. The third-order valence-corrected chi connectivity index (χ3v) is 9.88. The summed E-state index contributed by atoms with van der Waals surface area (Å²) in [7, 11) is 1.43. The minimum Gasteiger partial charge on any atom is -0.494 e. The van der Waals surface area contributed by atoms with Gasteiger partial charge in [0.1, 0.15) is 21.4 Å². The number of nitrogens with zero attached hydrogens (tertiary/aromatic N) is 4. The molecule has 3 fully saturated rings. The summed E-state index contributed by atoms with van der Waals surface area (Å²) < 4.78 is 5.72. The number of thiazole rings is 1. The van der Waals surface area contributed by atoms with E-state index in [1.165, 1.54) is 29.8 Å². The van der Waals surface area contributed by atoms with E-state index >= 15 is 0 Å². The van der Waals surface area contributed by atoms with Gasteiger partial charge in [0.25, 0.3) is 11.8 Å². The number of methoxy groups -OCH3 is 1. The number of aliphatic hydroxyl groups is 4. The Kier molecular flexibility index (Phi) is 11.9. The monoisotopic (exact) mass is 715 g/mol. The molecule has 1 saturated carbocycles. The maximum atomic E-state index is 13.5. The number of hydrogen-bond donors (Lipinski definition) is 9. The molecule has 1 aromatic carbocycles. The Morgan fingerprint density at radius 2 is 1.76 bits per heavy atom. The Hall–Kier alpha value is -4.30. The average Bonchev–Trinajstić information content (AvgIpc) is 3.83. The fourth-order valence-corrected chi connectivity index (χ4v) is 6.96. The summed E-state index contributed by atoms with van der Waals surface area (Å²) in [5.41, 5.74) is 12.1. The maximum absolute atomic E-state index is 13.5. The number of β-amino-alcohol motifs (C(OH)–C–C–N with tert-alkyl or cyclic N) is 1. The number of anilines is 1. The van der Waals surface area contributed by atoms with Gasteiger partial charge in [-0.15, -0.1) is 11.3 Å². The van der Waals surface area contributed by atoms with Crippen LogP contribution in [0.5, 0.6) is 5.75 Å². The van der Waals surface area contributed by atoms with Crippen LogP contribution in [-0.2, 0) is 9.59 Å². The lowest BCUT2D eigenvalue weighted by Gasteiger charge is -2.42. The Morgan fingerprint density at radius 1 is 1.06 bits per heavy atom. The van der Waals surface area contributed by atoms with Gasteiger partial charge in [0, 0.05) is 63.8 Å². The van der Waals surface area contributed by atoms with Gasteiger partial charge in [0.05, 0.1) is 36.9 Å². The molecule has 2 saturated heterocycles. The summed E-state index contributed by atoms with van der Waals surface area (Å²) in [6.07, 6.45) is 2.40. The van der Waals surface area contributed by atoms with Crippen molar-refractivity contribution in [3.63, 3.8) is 0 Å². The Morgan fingerprint density at radius 3 is 2.38 bits per heavy atom. The van der Waals surface area contributed by atoms with Crippen LogP contribution in [0.15, 0.2) is 47.7 Å². The third-order valence-electron chi connectivity index (χ3n) is 8.86. The first-order valence-corrected chi connectivity index (χ1v) is 17.2. The van der Waals surface area contributed by atoms with Crippen molar-refractivity contribution in [2.24, 2.45) is 17.4 Å². The van der Waals surface area contributed by atoms with Crippen molar-refractivity contribution >= 4 is 34.7 Å². The lowest BCUT2D eigenvalue weighted by atomic mass is 10.0. The van der Waals surface area contributed by atoms with Crippen molar-refractivity contribution in [2.45, 2.75) is 37.8 Å². The number of piperazine rings is 1. The smallest absolute Gasteiger partial charge is 0.369 e. The van der Waals surface area contributed by atoms with Crippen LogP contribution in [0.2, 0.25) is 0 Å². The number of rotatable bonds is 13. The molecule has 3 amide bonds. The molecule has 1 aromatic heterocycles. The number of benzene rings is 1. The van der Waals surface area contributed by atoms with E-state index in [9.17, 15) is 34.8 Å². The highest BCUT2D eigenvalue weighted by atomic mass is 32.1. The van der Waals surface area contributed by atoms with Crippen molar-refractivity contribution in [1.29, 1.82) is 0 Å². The van der Waals surface area contributed by atoms with Crippen molar-refractivity contribution < 1.29 is 39.5 Å². The van der Waals surface area contributed by atoms with Gasteiger partial charge in [0.15, 0.2) is 5.75 Å². The number of ether oxygens (including phenoxy) is 1. The molecule has 18 heteroatoms. The summed E-state index contributed by atoms with van der Waals surface area (Å²) in [5, 5.41) is 44.5. The number of aliphatic hydroxyl groups excluding tert-OH is 1. The quantitative estimate of drug-likeness (QED) is 0.0661. The zero-order valence-corrected chi connectivity index (χ0v) is 28.6. The lowest BCUT2D eigenvalue weighted by molar-refractivity contribution is -0.325. The van der Waals surface area contributed by atoms with Gasteiger partial charge in [-0.3, -0.25) is 29.5 Å². The van der Waals surface area contributed by atoms with Crippen molar-refractivity contribution in [3.8, 4) is 16.3 Å². The molecule has 17 nitrogen and oxygen atoms in total. The molecule has 3 heterocycles. The first-order valence-electron chi connectivity index (χ1n) is 16.4. The highest BCUT2D eigenvalue weighted by Crippen LogP contribution is 2.39. The number of hydrogen-bond acceptors (Lipinski definition) is 15. The molecule has 2 aliphatic heterocycles. The minimum atomic E-state index is -3.55. The van der Waals surface area contributed by atoms with Crippen LogP contribution >= 0.6 is 11.3 Å². The number of likely N-dealkylation sites (tertiary alicyclic amines) is 1. The second-order valence-corrected chi connectivity index (χ2v) is 13.5. The third kappa shape index (κ3) is 9.48. The van der Waals surface area contributed by atoms with Gasteiger partial charge in [-0.05, 0) is 37.8 Å². The minimum absolute atomic E-state index is 0.0983. The number of carbonyl (C=O) groups excluding carboxylic acids is 3. The largest absolute Gasteiger partial charge is 0.494 e. The summed E-state index contributed by atoms with van der Waals surface area (Å²) in [4.78, 5) is 50.0. The number of para-hydroxylation sites is 1. The van der Waals surface area contributed by atoms with Crippen LogP contribution in [-0.4, -0.2) is 130 Å². The molecule has 5 rings (SSSR count). The van der Waals surface area contributed by atoms with Crippen LogP contribution in [0, 0.1) is 5.92 Å². The van der Waals surface area contributed by atoms with E-state index < -0.39 is 17.7 Å². The Labute approximate surface area is 293 Å². The van der Waals surface area contributed by atoms with Crippen molar-refractivity contribution in [3.05, 3.63) is 52.6 Å². The number of nitrogens with one attached hydrogen (secondary N) is 3. The molecular weight excluding hydrogens is 670 g/mol. The zero-order chi connectivity index (χ0) is 36.0. The molecule has 0 unspecified atom stereocenters. The Balaban J connectivity index is 1.30. The van der Waals surface area contributed by atoms with Gasteiger partial charge in [0.2, 0.25) is 5.91 Å². The molecule has 2 aromatic rings. The van der Waals surface area contributed by atoms with Crippen LogP contribution < -0.4 is 32.2 Å². The van der Waals surface area contributed by atoms with Crippen molar-refractivity contribution in [1.82, 2.24) is 30.3 Å². The molecule has 11 N–H and O–H groups in total. The zero-order valence-electron chi connectivity index (χ0n) is 27.8. The molecule has 0 bridgehead atoms. The van der Waals surface area contributed by atoms with Crippen LogP contribution in [0.25, 0.3) is 10.6 Å². The predicted octanol–water partition coefficient (Wildman–Crippen LogP) is -1.35. The first kappa shape index (κ1) is 37.0. The maximum Gasteiger partial charge on any atom is 0.369 e. The molecule has 0 spiro atoms. The van der Waals surface area contributed by atoms with Gasteiger partial charge in [-0.1, -0.05) is 6.07 Å². The van der Waals surface area contributed by atoms with Gasteiger partial charge in [-0.25, -0.2) is 4.98 Å². The second kappa shape index (κ2) is 16.2. The lowest BCUT2D eigenvalue weighted by Crippen LogP contribution is -2.54. The second-order valence-electron chi connectivity index (χ2n) is 12.4. The van der Waals surface area contributed by atoms with E-state index in [0.29, 0.717) is 46.8 Å². The highest BCUT2D eigenvalue weighted by Gasteiger charge is 2.32. The first-order chi connectivity index (χ1) is 23.9. The standard InChI is InChI=1S/C32H45N9O8S/c1-49-27-21(30-35-18-24(50-30)31(45)41-9-7-20(8-10-41)40-13-11-39(12-14-40)15-16-42)3-2-4-22(27)36-23(26(34)29(44)38-32(46,47)48)17-25(33)37-28(43)19-5-6-19/h2-4,17-20,36,42,46-48H,5-16,33-34H2,1H3,(H,37,43)(H,38,44)/b25-17+,26-23+. The summed E-state index contributed by atoms with van der Waals surface area (Å²) in [5.74, 6) is -1.69. The fraction of sp³-hybridized carbons (Fsp3) is 0.500. The van der Waals surface area contributed by atoms with Crippen molar-refractivity contribution in [2.75, 3.05) is 64.8 Å². The summed E-state index contributed by atoms with van der Waals surface area (Å²) in [6.45, 7) is 5.94. The molecule has 50 heavy (non-hydrogen) atoms. The van der Waals surface area contributed by atoms with E-state index in [1.807, 2.05) is 4.90 Å². The molecule has 1 aliphatic carbocycles. The van der Waals surface area contributed by atoms with Gasteiger partial charge in [-0.2, -0.15) is 0 Å². The number of carbonyl (C=O) groups is 3. The molecule has 3 aliphatic rings. The fourth-order valence-electron chi connectivity index (χ4n) is 6.05. The van der Waals surface area contributed by atoms with E-state index in [2.05, 4.69) is 25.4 Å². The van der Waals surface area contributed by atoms with Gasteiger partial charge < -0.3 is 52.2 Å². The van der Waals surface area contributed by atoms with Crippen LogP contribution in [0.3, 0.4) is 0 Å². The van der Waals surface area contributed by atoms with E-state index in [0.717, 1.165) is 51.9 Å². The molecule has 0 atom stereocenters. The predicted molar refractivity (Wildman–Crippen MR) is 184 cm³/mol. The summed E-state index contributed by atoms with van der Waals surface area (Å²) >= 11 is 1.21. The number of nitrogens with two attached hydrogens (primary N) is 2. The van der Waals surface area contributed by atoms with E-state index in [4.69, 9.17) is 16.2 Å². The van der Waals surface area contributed by atoms with E-state index in [-0.39, 0.29) is 41.6 Å². The number of piperidine rings is 1. The van der Waals surface area contributed by atoms with E-state index in [1.54, 1.807) is 24.4 Å². The Bertz CT molecular complexity index is 1600. The normalized spacial score (nSPS) is 18.7. The van der Waals surface area contributed by atoms with Crippen LogP contribution in [0.1, 0.15) is 35.4 Å². The van der Waals surface area contributed by atoms with Crippen LogP contribution in [0.4, 0.5) is 5.69 Å².